The van der Waals surface area contributed by atoms with Gasteiger partial charge in [-0.1, -0.05) is 0 Å². The Morgan fingerprint density at radius 1 is 1.30 bits per heavy atom. The van der Waals surface area contributed by atoms with Crippen LogP contribution in [0.5, 0.6) is 0 Å². The number of hydrogen-bond donors (Lipinski definition) is 5. The zero-order valence-corrected chi connectivity index (χ0v) is 11.7. The number of nitrogens with one attached hydrogen (secondary N) is 1. The highest BCUT2D eigenvalue weighted by molar-refractivity contribution is 7.80. The molecule has 0 aliphatic carbocycles. The number of carbonyl (C=O) groups excluding carboxylic acids is 2. The minimum atomic E-state index is -1.45. The fourth-order valence-corrected chi connectivity index (χ4v) is 1.44. The maximum absolute atomic E-state index is 11.7. The second-order valence-electron chi connectivity index (χ2n) is 3.97. The normalized spacial score (nSPS) is 13.2. The second kappa shape index (κ2) is 8.38. The fourth-order valence-electron chi connectivity index (χ4n) is 1.19. The topological polar surface area (TPSA) is 150 Å². The van der Waals surface area contributed by atoms with Crippen molar-refractivity contribution in [2.75, 3.05) is 12.8 Å². The van der Waals surface area contributed by atoms with Crippen LogP contribution in [0.2, 0.25) is 0 Å². The minimum Gasteiger partial charge on any atom is -0.480 e. The third kappa shape index (κ3) is 5.89. The summed E-state index contributed by atoms with van der Waals surface area (Å²) in [4.78, 5) is 44.7. The summed E-state index contributed by atoms with van der Waals surface area (Å²) in [6, 6.07) is -2.28. The van der Waals surface area contributed by atoms with Crippen LogP contribution in [0.15, 0.2) is 0 Å². The molecule has 5 N–H and O–H groups in total. The number of carboxylic acids is 1. The summed E-state index contributed by atoms with van der Waals surface area (Å²) in [7, 11) is 1.05. The molecule has 0 aliphatic heterocycles. The first-order chi connectivity index (χ1) is 9.20. The Morgan fingerprint density at radius 2 is 1.85 bits per heavy atom. The molecule has 0 aliphatic rings. The predicted molar refractivity (Wildman–Crippen MR) is 71.4 cm³/mol. The van der Waals surface area contributed by atoms with Crippen molar-refractivity contribution in [2.45, 2.75) is 24.9 Å². The number of aliphatic carboxylic acids is 1. The lowest BCUT2D eigenvalue weighted by Gasteiger charge is -2.20. The van der Waals surface area contributed by atoms with Gasteiger partial charge in [0.15, 0.2) is 0 Å². The van der Waals surface area contributed by atoms with E-state index >= 15 is 0 Å². The number of amides is 3. The molecule has 0 aromatic heterocycles. The fraction of sp³-hybridized carbons (Fsp3) is 0.600. The summed E-state index contributed by atoms with van der Waals surface area (Å²) < 4.78 is 0. The van der Waals surface area contributed by atoms with Crippen LogP contribution >= 0.6 is 12.6 Å². The number of nitrogens with zero attached hydrogens (tertiary/aromatic N) is 1. The van der Waals surface area contributed by atoms with Crippen LogP contribution in [0, 0.1) is 0 Å². The third-order valence-electron chi connectivity index (χ3n) is 2.43. The summed E-state index contributed by atoms with van der Waals surface area (Å²) in [5.74, 6) is -2.76. The standard InChI is InChI=1S/C10H17N3O6S/c1-13(10(18)19)8(15)6(4-20)12-7(14)3-2-5(11)9(16)17/h5-6,20H,2-4,11H2,1H3,(H,12,14)(H,16,17)(H,18,19)/t5-,6-/m0/s1. The van der Waals surface area contributed by atoms with Crippen molar-refractivity contribution < 1.29 is 29.4 Å². The van der Waals surface area contributed by atoms with E-state index in [1.54, 1.807) is 0 Å². The van der Waals surface area contributed by atoms with E-state index in [9.17, 15) is 19.2 Å². The number of carbonyl (C=O) groups is 4. The van der Waals surface area contributed by atoms with E-state index in [1.165, 1.54) is 0 Å². The average Bonchev–Trinajstić information content (AvgIpc) is 2.39. The van der Waals surface area contributed by atoms with Crippen LogP contribution in [0.4, 0.5) is 4.79 Å². The molecule has 0 unspecified atom stereocenters. The van der Waals surface area contributed by atoms with E-state index in [2.05, 4.69) is 17.9 Å². The average molecular weight is 307 g/mol. The number of hydrogen-bond acceptors (Lipinski definition) is 6. The van der Waals surface area contributed by atoms with Crippen molar-refractivity contribution in [3.63, 3.8) is 0 Å². The van der Waals surface area contributed by atoms with Crippen LogP contribution in [-0.4, -0.2) is 63.9 Å². The Hall–Kier alpha value is -1.81. The SMILES string of the molecule is CN(C(=O)O)C(=O)[C@H](CS)NC(=O)CC[C@H](N)C(=O)O. The first-order valence-corrected chi connectivity index (χ1v) is 6.23. The van der Waals surface area contributed by atoms with Gasteiger partial charge < -0.3 is 21.3 Å². The van der Waals surface area contributed by atoms with Crippen molar-refractivity contribution in [1.82, 2.24) is 10.2 Å². The van der Waals surface area contributed by atoms with Gasteiger partial charge in [0.2, 0.25) is 5.91 Å². The third-order valence-corrected chi connectivity index (χ3v) is 2.80. The lowest BCUT2D eigenvalue weighted by Crippen LogP contribution is -2.50. The largest absolute Gasteiger partial charge is 0.480 e. The van der Waals surface area contributed by atoms with Gasteiger partial charge in [-0.25, -0.2) is 9.69 Å². The number of imide groups is 1. The second-order valence-corrected chi connectivity index (χ2v) is 4.33. The molecule has 0 radical (unpaired) electrons. The molecule has 20 heavy (non-hydrogen) atoms. The van der Waals surface area contributed by atoms with E-state index < -0.39 is 36.0 Å². The van der Waals surface area contributed by atoms with Crippen LogP contribution in [-0.2, 0) is 14.4 Å². The summed E-state index contributed by atoms with van der Waals surface area (Å²) in [5.41, 5.74) is 5.23. The van der Waals surface area contributed by atoms with Gasteiger partial charge in [0, 0.05) is 19.2 Å². The zero-order chi connectivity index (χ0) is 15.9. The summed E-state index contributed by atoms with van der Waals surface area (Å²) in [6.07, 6.45) is -1.74. The van der Waals surface area contributed by atoms with Crippen molar-refractivity contribution in [3.05, 3.63) is 0 Å². The maximum atomic E-state index is 11.7. The van der Waals surface area contributed by atoms with Gasteiger partial charge >= 0.3 is 12.1 Å². The van der Waals surface area contributed by atoms with E-state index in [-0.39, 0.29) is 18.6 Å². The van der Waals surface area contributed by atoms with Crippen LogP contribution in [0.25, 0.3) is 0 Å². The minimum absolute atomic E-state index is 0.0901. The number of rotatable bonds is 7. The van der Waals surface area contributed by atoms with Crippen molar-refractivity contribution in [2.24, 2.45) is 5.73 Å². The van der Waals surface area contributed by atoms with Gasteiger partial charge in [0.05, 0.1) is 0 Å². The predicted octanol–water partition coefficient (Wildman–Crippen LogP) is -1.27. The van der Waals surface area contributed by atoms with Gasteiger partial charge in [-0.05, 0) is 6.42 Å². The molecular weight excluding hydrogens is 290 g/mol. The Morgan fingerprint density at radius 3 is 2.25 bits per heavy atom. The molecule has 0 aromatic carbocycles. The molecule has 3 amide bonds. The van der Waals surface area contributed by atoms with Gasteiger partial charge in [-0.15, -0.1) is 0 Å². The van der Waals surface area contributed by atoms with Crippen LogP contribution < -0.4 is 11.1 Å². The lowest BCUT2D eigenvalue weighted by molar-refractivity contribution is -0.139. The number of nitrogens with two attached hydrogens (primary N) is 1. The molecule has 114 valence electrons. The van der Waals surface area contributed by atoms with Crippen molar-refractivity contribution in [1.29, 1.82) is 0 Å². The molecule has 0 fully saturated rings. The number of thiol groups is 1. The van der Waals surface area contributed by atoms with Gasteiger partial charge in [0.1, 0.15) is 12.1 Å². The molecule has 0 aromatic rings. The monoisotopic (exact) mass is 307 g/mol. The molecule has 2 atom stereocenters. The molecule has 0 saturated heterocycles. The van der Waals surface area contributed by atoms with E-state index in [4.69, 9.17) is 15.9 Å². The Kier molecular flexibility index (Phi) is 7.62. The molecular formula is C10H17N3O6S. The van der Waals surface area contributed by atoms with Gasteiger partial charge in [0.25, 0.3) is 5.91 Å². The highest BCUT2D eigenvalue weighted by Gasteiger charge is 2.26. The lowest BCUT2D eigenvalue weighted by atomic mass is 10.1. The number of likely N-dealkylation sites (N-methyl/N-ethyl adjacent to an activating group) is 1. The van der Waals surface area contributed by atoms with E-state index in [1.807, 2.05) is 0 Å². The molecule has 0 saturated carbocycles. The maximum Gasteiger partial charge on any atom is 0.413 e. The van der Waals surface area contributed by atoms with Crippen molar-refractivity contribution >= 4 is 36.5 Å². The molecule has 0 spiro atoms. The molecule has 9 nitrogen and oxygen atoms in total. The van der Waals surface area contributed by atoms with Crippen LogP contribution in [0.3, 0.4) is 0 Å². The van der Waals surface area contributed by atoms with Gasteiger partial charge in [-0.2, -0.15) is 12.6 Å². The smallest absolute Gasteiger partial charge is 0.413 e. The molecule has 0 heterocycles. The first kappa shape index (κ1) is 18.2. The Labute approximate surface area is 120 Å². The highest BCUT2D eigenvalue weighted by Crippen LogP contribution is 2.00. The van der Waals surface area contributed by atoms with E-state index in [0.717, 1.165) is 7.05 Å². The molecule has 0 bridgehead atoms. The number of carboxylic acid groups (broad SMARTS) is 2. The zero-order valence-electron chi connectivity index (χ0n) is 10.8. The van der Waals surface area contributed by atoms with Crippen molar-refractivity contribution in [3.8, 4) is 0 Å². The Balaban J connectivity index is 4.43. The molecule has 0 rings (SSSR count). The molecule has 10 heteroatoms. The summed E-state index contributed by atoms with van der Waals surface area (Å²) >= 11 is 3.86. The van der Waals surface area contributed by atoms with Crippen LogP contribution in [0.1, 0.15) is 12.8 Å². The summed E-state index contributed by atoms with van der Waals surface area (Å²) in [5, 5.41) is 19.5. The quantitative estimate of drug-likeness (QED) is 0.368. The Bertz CT molecular complexity index is 402. The first-order valence-electron chi connectivity index (χ1n) is 5.59. The van der Waals surface area contributed by atoms with E-state index in [0.29, 0.717) is 4.90 Å². The summed E-state index contributed by atoms with van der Waals surface area (Å²) in [6.45, 7) is 0. The highest BCUT2D eigenvalue weighted by atomic mass is 32.1. The van der Waals surface area contributed by atoms with Gasteiger partial charge in [-0.3, -0.25) is 14.4 Å².